The predicted molar refractivity (Wildman–Crippen MR) is 130 cm³/mol. The van der Waals surface area contributed by atoms with E-state index >= 15 is 0 Å². The van der Waals surface area contributed by atoms with Crippen LogP contribution in [0.5, 0.6) is 5.75 Å². The van der Waals surface area contributed by atoms with Gasteiger partial charge in [0.2, 0.25) is 10.0 Å². The maximum Gasteiger partial charge on any atom is 0.274 e. The molecular weight excluding hydrogens is 452 g/mol. The Labute approximate surface area is 200 Å². The maximum atomic E-state index is 13.1. The van der Waals surface area contributed by atoms with Gasteiger partial charge in [-0.3, -0.25) is 4.79 Å². The van der Waals surface area contributed by atoms with E-state index in [1.54, 1.807) is 53.2 Å². The van der Waals surface area contributed by atoms with Crippen molar-refractivity contribution in [3.8, 4) is 11.4 Å². The van der Waals surface area contributed by atoms with Gasteiger partial charge < -0.3 is 9.64 Å². The molecule has 2 heterocycles. The molecule has 34 heavy (non-hydrogen) atoms. The Morgan fingerprint density at radius 1 is 1.12 bits per heavy atom. The number of carbonyl (C=O) groups is 1. The topological polar surface area (TPSA) is 93.5 Å². The second kappa shape index (κ2) is 9.99. The summed E-state index contributed by atoms with van der Waals surface area (Å²) in [6.07, 6.45) is 3.42. The van der Waals surface area contributed by atoms with E-state index < -0.39 is 10.0 Å². The fourth-order valence-electron chi connectivity index (χ4n) is 4.16. The molecule has 1 aliphatic rings. The summed E-state index contributed by atoms with van der Waals surface area (Å²) in [5, 5.41) is 4.50. The Morgan fingerprint density at radius 3 is 2.59 bits per heavy atom. The Hall–Kier alpha value is -3.17. The smallest absolute Gasteiger partial charge is 0.274 e. The largest absolute Gasteiger partial charge is 0.494 e. The van der Waals surface area contributed by atoms with Crippen molar-refractivity contribution in [2.24, 2.45) is 5.92 Å². The molecule has 1 aromatic heterocycles. The highest BCUT2D eigenvalue weighted by Crippen LogP contribution is 2.24. The van der Waals surface area contributed by atoms with Gasteiger partial charge in [-0.25, -0.2) is 17.8 Å². The number of rotatable bonds is 7. The third kappa shape index (κ3) is 5.31. The molecule has 1 saturated heterocycles. The normalized spacial score (nSPS) is 16.4. The first kappa shape index (κ1) is 24.0. The van der Waals surface area contributed by atoms with Crippen LogP contribution in [0, 0.1) is 19.8 Å². The molecule has 3 aromatic rings. The van der Waals surface area contributed by atoms with Crippen molar-refractivity contribution in [1.82, 2.24) is 19.4 Å². The molecule has 0 unspecified atom stereocenters. The van der Waals surface area contributed by atoms with Crippen molar-refractivity contribution in [3.63, 3.8) is 0 Å². The number of sulfonamides is 1. The molecule has 8 nitrogen and oxygen atoms in total. The molecule has 0 aliphatic carbocycles. The van der Waals surface area contributed by atoms with Crippen molar-refractivity contribution in [2.75, 3.05) is 26.7 Å². The Bertz CT molecular complexity index is 1270. The number of aromatic nitrogens is 2. The van der Waals surface area contributed by atoms with Crippen molar-refractivity contribution < 1.29 is 17.9 Å². The van der Waals surface area contributed by atoms with Crippen LogP contribution in [-0.2, 0) is 10.0 Å². The molecule has 1 N–H and O–H groups in total. The van der Waals surface area contributed by atoms with E-state index in [0.717, 1.165) is 29.7 Å². The van der Waals surface area contributed by atoms with E-state index in [9.17, 15) is 13.2 Å². The summed E-state index contributed by atoms with van der Waals surface area (Å²) in [5.74, 6) is 0.555. The number of hydrogen-bond donors (Lipinski definition) is 1. The standard InChI is InChI=1S/C25H30N4O4S/c1-18-6-9-21(10-7-18)34(31,32)26-16-20-5-4-13-28(17-20)25(30)22-12-14-29(27-22)23-15-19(2)8-11-24(23)33-3/h6-12,14-15,20,26H,4-5,13,16-17H2,1-3H3/t20-/m0/s1. The molecule has 4 rings (SSSR count). The van der Waals surface area contributed by atoms with Gasteiger partial charge in [0.25, 0.3) is 5.91 Å². The van der Waals surface area contributed by atoms with Crippen LogP contribution in [0.2, 0.25) is 0 Å². The van der Waals surface area contributed by atoms with Gasteiger partial charge in [-0.1, -0.05) is 23.8 Å². The molecular formula is C25H30N4O4S. The summed E-state index contributed by atoms with van der Waals surface area (Å²) >= 11 is 0. The Kier molecular flexibility index (Phi) is 7.04. The molecule has 0 saturated carbocycles. The molecule has 1 amide bonds. The Morgan fingerprint density at radius 2 is 1.85 bits per heavy atom. The van der Waals surface area contributed by atoms with Gasteiger partial charge in [-0.2, -0.15) is 5.10 Å². The summed E-state index contributed by atoms with van der Waals surface area (Å²) in [7, 11) is -1.98. The number of piperidine rings is 1. The number of carbonyl (C=O) groups excluding carboxylic acids is 1. The zero-order valence-corrected chi connectivity index (χ0v) is 20.5. The maximum absolute atomic E-state index is 13.1. The molecule has 0 spiro atoms. The molecule has 1 atom stereocenters. The first-order valence-corrected chi connectivity index (χ1v) is 12.8. The summed E-state index contributed by atoms with van der Waals surface area (Å²) in [4.78, 5) is 15.2. The zero-order chi connectivity index (χ0) is 24.3. The molecule has 1 aliphatic heterocycles. The third-order valence-corrected chi connectivity index (χ3v) is 7.53. The summed E-state index contributed by atoms with van der Waals surface area (Å²) in [5.41, 5.74) is 3.18. The molecule has 0 bridgehead atoms. The van der Waals surface area contributed by atoms with Crippen LogP contribution in [0.3, 0.4) is 0 Å². The van der Waals surface area contributed by atoms with Gasteiger partial charge in [0.1, 0.15) is 11.4 Å². The number of nitrogens with zero attached hydrogens (tertiary/aromatic N) is 3. The van der Waals surface area contributed by atoms with E-state index in [1.807, 2.05) is 32.0 Å². The highest BCUT2D eigenvalue weighted by atomic mass is 32.2. The first-order chi connectivity index (χ1) is 16.3. The monoisotopic (exact) mass is 482 g/mol. The lowest BCUT2D eigenvalue weighted by Crippen LogP contribution is -2.43. The lowest BCUT2D eigenvalue weighted by atomic mass is 9.98. The molecule has 1 fully saturated rings. The van der Waals surface area contributed by atoms with Crippen LogP contribution in [0.4, 0.5) is 0 Å². The zero-order valence-electron chi connectivity index (χ0n) is 19.7. The highest BCUT2D eigenvalue weighted by Gasteiger charge is 2.27. The van der Waals surface area contributed by atoms with Gasteiger partial charge in [-0.15, -0.1) is 0 Å². The van der Waals surface area contributed by atoms with Gasteiger partial charge in [0, 0.05) is 25.8 Å². The van der Waals surface area contributed by atoms with Gasteiger partial charge in [0.05, 0.1) is 12.0 Å². The number of methoxy groups -OCH3 is 1. The number of aryl methyl sites for hydroxylation is 2. The number of ether oxygens (including phenoxy) is 1. The van der Waals surface area contributed by atoms with Gasteiger partial charge >= 0.3 is 0 Å². The van der Waals surface area contributed by atoms with Crippen LogP contribution in [0.15, 0.2) is 59.6 Å². The minimum absolute atomic E-state index is 0.0388. The van der Waals surface area contributed by atoms with E-state index in [1.165, 1.54) is 0 Å². The second-order valence-electron chi connectivity index (χ2n) is 8.75. The third-order valence-electron chi connectivity index (χ3n) is 6.09. The lowest BCUT2D eigenvalue weighted by Gasteiger charge is -2.32. The SMILES string of the molecule is COc1ccc(C)cc1-n1ccc(C(=O)N2CCC[C@@H](CNS(=O)(=O)c3ccc(C)cc3)C2)n1. The van der Waals surface area contributed by atoms with Crippen LogP contribution in [0.25, 0.3) is 5.69 Å². The summed E-state index contributed by atoms with van der Waals surface area (Å²) < 4.78 is 35.0. The molecule has 180 valence electrons. The van der Waals surface area contributed by atoms with Crippen LogP contribution in [-0.4, -0.2) is 55.7 Å². The van der Waals surface area contributed by atoms with Crippen molar-refractivity contribution in [1.29, 1.82) is 0 Å². The fraction of sp³-hybridized carbons (Fsp3) is 0.360. The van der Waals surface area contributed by atoms with E-state index in [2.05, 4.69) is 9.82 Å². The summed E-state index contributed by atoms with van der Waals surface area (Å²) in [6.45, 7) is 5.29. The van der Waals surface area contributed by atoms with Crippen molar-refractivity contribution in [2.45, 2.75) is 31.6 Å². The minimum Gasteiger partial charge on any atom is -0.494 e. The lowest BCUT2D eigenvalue weighted by molar-refractivity contribution is 0.0670. The average Bonchev–Trinajstić information content (AvgIpc) is 3.33. The van der Waals surface area contributed by atoms with Gasteiger partial charge in [0.15, 0.2) is 5.69 Å². The van der Waals surface area contributed by atoms with E-state index in [-0.39, 0.29) is 23.3 Å². The summed E-state index contributed by atoms with van der Waals surface area (Å²) in [6, 6.07) is 14.3. The number of amides is 1. The highest BCUT2D eigenvalue weighted by molar-refractivity contribution is 7.89. The van der Waals surface area contributed by atoms with Crippen molar-refractivity contribution in [3.05, 3.63) is 71.5 Å². The number of likely N-dealkylation sites (tertiary alicyclic amines) is 1. The molecule has 9 heteroatoms. The van der Waals surface area contributed by atoms with Crippen LogP contribution >= 0.6 is 0 Å². The molecule has 0 radical (unpaired) electrons. The van der Waals surface area contributed by atoms with Crippen molar-refractivity contribution >= 4 is 15.9 Å². The number of hydrogen-bond acceptors (Lipinski definition) is 5. The fourth-order valence-corrected chi connectivity index (χ4v) is 5.27. The first-order valence-electron chi connectivity index (χ1n) is 11.3. The predicted octanol–water partition coefficient (Wildman–Crippen LogP) is 3.33. The number of nitrogens with one attached hydrogen (secondary N) is 1. The molecule has 2 aromatic carbocycles. The second-order valence-corrected chi connectivity index (χ2v) is 10.5. The van der Waals surface area contributed by atoms with E-state index in [4.69, 9.17) is 4.74 Å². The quantitative estimate of drug-likeness (QED) is 0.558. The van der Waals surface area contributed by atoms with E-state index in [0.29, 0.717) is 24.5 Å². The average molecular weight is 483 g/mol. The van der Waals surface area contributed by atoms with Crippen LogP contribution in [0.1, 0.15) is 34.5 Å². The number of benzene rings is 2. The Balaban J connectivity index is 1.41. The minimum atomic E-state index is -3.58. The van der Waals surface area contributed by atoms with Crippen LogP contribution < -0.4 is 9.46 Å². The van der Waals surface area contributed by atoms with Gasteiger partial charge in [-0.05, 0) is 68.5 Å².